The Hall–Kier alpha value is -0.700. The molecule has 2 atom stereocenters. The number of carbonyl (C=O) groups is 2. The maximum absolute atomic E-state index is 11.3. The van der Waals surface area contributed by atoms with E-state index in [1.165, 1.54) is 0 Å². The molecule has 1 fully saturated rings. The molecule has 68 valence electrons. The number of hydrogen-bond acceptors (Lipinski definition) is 3. The van der Waals surface area contributed by atoms with E-state index in [9.17, 15) is 14.7 Å². The summed E-state index contributed by atoms with van der Waals surface area (Å²) in [6.45, 7) is 5.28. The van der Waals surface area contributed by atoms with Gasteiger partial charge in [0.1, 0.15) is 0 Å². The molecule has 0 heterocycles. The van der Waals surface area contributed by atoms with E-state index in [2.05, 4.69) is 0 Å². The second-order valence-corrected chi connectivity index (χ2v) is 4.16. The maximum Gasteiger partial charge on any atom is 0.174 e. The molecule has 1 unspecified atom stereocenters. The molecule has 0 spiro atoms. The third-order valence-electron chi connectivity index (χ3n) is 2.49. The number of hydrogen-bond donors (Lipinski definition) is 1. The van der Waals surface area contributed by atoms with Crippen molar-refractivity contribution in [1.82, 2.24) is 0 Å². The van der Waals surface area contributed by atoms with Crippen LogP contribution in [-0.4, -0.2) is 22.8 Å². The third kappa shape index (κ3) is 1.29. The lowest BCUT2D eigenvalue weighted by Gasteiger charge is -2.33. The fraction of sp³-hybridized carbons (Fsp3) is 0.778. The van der Waals surface area contributed by atoms with E-state index in [1.54, 1.807) is 20.8 Å². The summed E-state index contributed by atoms with van der Waals surface area (Å²) < 4.78 is 0. The average molecular weight is 170 g/mol. The summed E-state index contributed by atoms with van der Waals surface area (Å²) in [4.78, 5) is 22.5. The summed E-state index contributed by atoms with van der Waals surface area (Å²) in [5.74, 6) is -0.877. The third-order valence-corrected chi connectivity index (χ3v) is 2.49. The zero-order valence-electron chi connectivity index (χ0n) is 7.63. The Bertz CT molecular complexity index is 230. The molecule has 0 aromatic heterocycles. The van der Waals surface area contributed by atoms with Crippen molar-refractivity contribution < 1.29 is 14.7 Å². The SMILES string of the molecule is CC1CC(C)(C)C(=O)[C@H](O)C1=O. The van der Waals surface area contributed by atoms with E-state index in [4.69, 9.17) is 0 Å². The first-order valence-corrected chi connectivity index (χ1v) is 4.12. The normalized spacial score (nSPS) is 35.3. The standard InChI is InChI=1S/C9H14O3/c1-5-4-9(2,3)8(12)7(11)6(5)10/h5,7,11H,4H2,1-3H3/t5?,7-/m1/s1. The largest absolute Gasteiger partial charge is 0.378 e. The van der Waals surface area contributed by atoms with E-state index in [0.717, 1.165) is 0 Å². The van der Waals surface area contributed by atoms with Crippen molar-refractivity contribution in [2.45, 2.75) is 33.3 Å². The van der Waals surface area contributed by atoms with Crippen molar-refractivity contribution in [3.63, 3.8) is 0 Å². The maximum atomic E-state index is 11.3. The number of aliphatic hydroxyl groups excluding tert-OH is 1. The van der Waals surface area contributed by atoms with Crippen LogP contribution >= 0.6 is 0 Å². The quantitative estimate of drug-likeness (QED) is 0.540. The van der Waals surface area contributed by atoms with Crippen LogP contribution in [0.1, 0.15) is 27.2 Å². The molecule has 0 aromatic rings. The molecule has 3 heteroatoms. The summed E-state index contributed by atoms with van der Waals surface area (Å²) in [7, 11) is 0. The van der Waals surface area contributed by atoms with Gasteiger partial charge in [-0.3, -0.25) is 9.59 Å². The number of carbonyl (C=O) groups excluding carboxylic acids is 2. The van der Waals surface area contributed by atoms with Gasteiger partial charge in [0.25, 0.3) is 0 Å². The summed E-state index contributed by atoms with van der Waals surface area (Å²) in [5.41, 5.74) is -0.549. The Kier molecular flexibility index (Phi) is 2.08. The molecule has 1 rings (SSSR count). The van der Waals surface area contributed by atoms with Gasteiger partial charge in [-0.1, -0.05) is 20.8 Å². The Morgan fingerprint density at radius 2 is 1.92 bits per heavy atom. The highest BCUT2D eigenvalue weighted by Crippen LogP contribution is 2.33. The molecule has 1 saturated carbocycles. The number of Topliss-reactive ketones (excluding diaryl/α,β-unsaturated/α-hetero) is 2. The second kappa shape index (κ2) is 2.66. The van der Waals surface area contributed by atoms with E-state index in [-0.39, 0.29) is 17.5 Å². The van der Waals surface area contributed by atoms with Crippen molar-refractivity contribution in [3.8, 4) is 0 Å². The Balaban J connectivity index is 2.93. The number of rotatable bonds is 0. The fourth-order valence-electron chi connectivity index (χ4n) is 1.74. The van der Waals surface area contributed by atoms with Gasteiger partial charge in [-0.15, -0.1) is 0 Å². The molecule has 0 bridgehead atoms. The lowest BCUT2D eigenvalue weighted by molar-refractivity contribution is -0.152. The lowest BCUT2D eigenvalue weighted by Crippen LogP contribution is -2.48. The van der Waals surface area contributed by atoms with Gasteiger partial charge >= 0.3 is 0 Å². The summed E-state index contributed by atoms with van der Waals surface area (Å²) in [6, 6.07) is 0. The fourth-order valence-corrected chi connectivity index (χ4v) is 1.74. The molecule has 1 N–H and O–H groups in total. The predicted molar refractivity (Wildman–Crippen MR) is 43.6 cm³/mol. The lowest BCUT2D eigenvalue weighted by atomic mass is 9.70. The average Bonchev–Trinajstić information content (AvgIpc) is 1.97. The zero-order chi connectivity index (χ0) is 9.52. The first-order chi connectivity index (χ1) is 5.36. The molecule has 0 aromatic carbocycles. The topological polar surface area (TPSA) is 54.4 Å². The van der Waals surface area contributed by atoms with Crippen molar-refractivity contribution >= 4 is 11.6 Å². The van der Waals surface area contributed by atoms with Gasteiger partial charge < -0.3 is 5.11 Å². The Morgan fingerprint density at radius 3 is 2.42 bits per heavy atom. The van der Waals surface area contributed by atoms with Crippen molar-refractivity contribution in [2.75, 3.05) is 0 Å². The van der Waals surface area contributed by atoms with Gasteiger partial charge in [0, 0.05) is 11.3 Å². The zero-order valence-corrected chi connectivity index (χ0v) is 7.63. The minimum absolute atomic E-state index is 0.201. The van der Waals surface area contributed by atoms with Gasteiger partial charge in [-0.25, -0.2) is 0 Å². The predicted octanol–water partition coefficient (Wildman–Crippen LogP) is 0.551. The van der Waals surface area contributed by atoms with Crippen LogP contribution < -0.4 is 0 Å². The van der Waals surface area contributed by atoms with Crippen LogP contribution in [0.3, 0.4) is 0 Å². The van der Waals surface area contributed by atoms with Gasteiger partial charge in [0.2, 0.25) is 0 Å². The number of aliphatic hydroxyl groups is 1. The van der Waals surface area contributed by atoms with Crippen LogP contribution in [0, 0.1) is 11.3 Å². The van der Waals surface area contributed by atoms with E-state index >= 15 is 0 Å². The van der Waals surface area contributed by atoms with Gasteiger partial charge in [0.05, 0.1) is 0 Å². The van der Waals surface area contributed by atoms with Gasteiger partial charge in [-0.2, -0.15) is 0 Å². The molecule has 0 radical (unpaired) electrons. The Labute approximate surface area is 71.8 Å². The molecule has 0 saturated heterocycles. The first kappa shape index (κ1) is 9.39. The van der Waals surface area contributed by atoms with Crippen LogP contribution in [0.5, 0.6) is 0 Å². The van der Waals surface area contributed by atoms with Gasteiger partial charge in [-0.05, 0) is 6.42 Å². The highest BCUT2D eigenvalue weighted by Gasteiger charge is 2.44. The monoisotopic (exact) mass is 170 g/mol. The smallest absolute Gasteiger partial charge is 0.174 e. The van der Waals surface area contributed by atoms with Crippen LogP contribution in [0.15, 0.2) is 0 Å². The van der Waals surface area contributed by atoms with Crippen molar-refractivity contribution in [2.24, 2.45) is 11.3 Å². The molecular formula is C9H14O3. The minimum atomic E-state index is -1.39. The Morgan fingerprint density at radius 1 is 1.42 bits per heavy atom. The molecule has 1 aliphatic rings. The molecule has 12 heavy (non-hydrogen) atoms. The molecular weight excluding hydrogens is 156 g/mol. The highest BCUT2D eigenvalue weighted by molar-refractivity contribution is 6.10. The van der Waals surface area contributed by atoms with Crippen LogP contribution in [0.4, 0.5) is 0 Å². The van der Waals surface area contributed by atoms with Crippen molar-refractivity contribution in [3.05, 3.63) is 0 Å². The summed E-state index contributed by atoms with van der Waals surface area (Å²) in [5, 5.41) is 9.25. The minimum Gasteiger partial charge on any atom is -0.378 e. The molecule has 0 aliphatic heterocycles. The number of ketones is 2. The highest BCUT2D eigenvalue weighted by atomic mass is 16.3. The van der Waals surface area contributed by atoms with E-state index in [0.29, 0.717) is 6.42 Å². The molecule has 0 amide bonds. The van der Waals surface area contributed by atoms with Gasteiger partial charge in [0.15, 0.2) is 17.7 Å². The molecule has 3 nitrogen and oxygen atoms in total. The van der Waals surface area contributed by atoms with Crippen LogP contribution in [0.25, 0.3) is 0 Å². The van der Waals surface area contributed by atoms with Crippen LogP contribution in [-0.2, 0) is 9.59 Å². The van der Waals surface area contributed by atoms with E-state index < -0.39 is 11.5 Å². The summed E-state index contributed by atoms with van der Waals surface area (Å²) >= 11 is 0. The first-order valence-electron chi connectivity index (χ1n) is 4.12. The van der Waals surface area contributed by atoms with E-state index in [1.807, 2.05) is 0 Å². The molecule has 1 aliphatic carbocycles. The van der Waals surface area contributed by atoms with Crippen molar-refractivity contribution in [1.29, 1.82) is 0 Å². The van der Waals surface area contributed by atoms with Crippen LogP contribution in [0.2, 0.25) is 0 Å². The summed E-state index contributed by atoms with van der Waals surface area (Å²) in [6.07, 6.45) is -0.842. The second-order valence-electron chi connectivity index (χ2n) is 4.16.